The Morgan fingerprint density at radius 1 is 1.53 bits per heavy atom. The van der Waals surface area contributed by atoms with Crippen LogP contribution in [-0.2, 0) is 0 Å². The fourth-order valence-electron chi connectivity index (χ4n) is 1.18. The van der Waals surface area contributed by atoms with Crippen molar-refractivity contribution in [2.45, 2.75) is 6.42 Å². The van der Waals surface area contributed by atoms with Gasteiger partial charge in [-0.3, -0.25) is 0 Å². The smallest absolute Gasteiger partial charge is 0.101 e. The molecule has 0 unspecified atom stereocenters. The van der Waals surface area contributed by atoms with Crippen LogP contribution >= 0.6 is 11.6 Å². The van der Waals surface area contributed by atoms with Crippen LogP contribution in [0.1, 0.15) is 17.5 Å². The fourth-order valence-corrected chi connectivity index (χ4v) is 1.34. The summed E-state index contributed by atoms with van der Waals surface area (Å²) in [6.45, 7) is 0.954. The molecule has 0 aliphatic heterocycles. The van der Waals surface area contributed by atoms with E-state index in [-0.39, 0.29) is 0 Å². The third kappa shape index (κ3) is 3.75. The van der Waals surface area contributed by atoms with E-state index in [0.717, 1.165) is 18.5 Å². The van der Waals surface area contributed by atoms with Gasteiger partial charge < -0.3 is 5.32 Å². The number of nitrogens with zero attached hydrogens (tertiary/aromatic N) is 1. The Morgan fingerprint density at radius 3 is 3.00 bits per heavy atom. The molecule has 0 saturated heterocycles. The van der Waals surface area contributed by atoms with Crippen LogP contribution in [0.15, 0.2) is 24.3 Å². The molecule has 78 valence electrons. The zero-order valence-electron chi connectivity index (χ0n) is 8.63. The molecule has 2 nitrogen and oxygen atoms in total. The molecular weight excluding hydrogens is 208 g/mol. The van der Waals surface area contributed by atoms with Crippen LogP contribution in [0.2, 0.25) is 5.02 Å². The number of halogens is 1. The molecule has 0 aliphatic rings. The van der Waals surface area contributed by atoms with Crippen molar-refractivity contribution >= 4 is 17.7 Å². The van der Waals surface area contributed by atoms with Crippen LogP contribution < -0.4 is 5.32 Å². The van der Waals surface area contributed by atoms with Gasteiger partial charge in [-0.05, 0) is 37.7 Å². The monoisotopic (exact) mass is 220 g/mol. The highest BCUT2D eigenvalue weighted by atomic mass is 35.5. The number of hydrogen-bond acceptors (Lipinski definition) is 2. The average molecular weight is 221 g/mol. The summed E-state index contributed by atoms with van der Waals surface area (Å²) in [5.74, 6) is 0. The van der Waals surface area contributed by atoms with Gasteiger partial charge in [0.2, 0.25) is 0 Å². The minimum atomic E-state index is 0.505. The minimum Gasteiger partial charge on any atom is -0.319 e. The van der Waals surface area contributed by atoms with Crippen molar-refractivity contribution in [3.05, 3.63) is 40.4 Å². The number of benzene rings is 1. The molecule has 0 bridgehead atoms. The van der Waals surface area contributed by atoms with Gasteiger partial charge in [0.1, 0.15) is 6.07 Å². The van der Waals surface area contributed by atoms with Gasteiger partial charge in [0.05, 0.1) is 10.6 Å². The molecule has 0 aromatic heterocycles. The van der Waals surface area contributed by atoms with Crippen molar-refractivity contribution < 1.29 is 0 Å². The van der Waals surface area contributed by atoms with E-state index >= 15 is 0 Å². The number of rotatable bonds is 4. The summed E-state index contributed by atoms with van der Waals surface area (Å²) in [5, 5.41) is 12.3. The topological polar surface area (TPSA) is 35.8 Å². The summed E-state index contributed by atoms with van der Waals surface area (Å²) in [7, 11) is 1.92. The SMILES string of the molecule is CNCCC=Cc1ccc(Cl)c(C#N)c1. The standard InChI is InChI=1S/C12H13ClN2/c1-15-7-3-2-4-10-5-6-12(13)11(8-10)9-14/h2,4-6,8,15H,3,7H2,1H3. The lowest BCUT2D eigenvalue weighted by molar-refractivity contribution is 0.809. The van der Waals surface area contributed by atoms with Crippen molar-refractivity contribution in [3.63, 3.8) is 0 Å². The van der Waals surface area contributed by atoms with Crippen molar-refractivity contribution in [2.24, 2.45) is 0 Å². The van der Waals surface area contributed by atoms with Gasteiger partial charge in [0.25, 0.3) is 0 Å². The van der Waals surface area contributed by atoms with Gasteiger partial charge in [0.15, 0.2) is 0 Å². The van der Waals surface area contributed by atoms with E-state index < -0.39 is 0 Å². The van der Waals surface area contributed by atoms with Crippen molar-refractivity contribution in [1.82, 2.24) is 5.32 Å². The molecule has 15 heavy (non-hydrogen) atoms. The van der Waals surface area contributed by atoms with E-state index in [1.807, 2.05) is 19.2 Å². The highest BCUT2D eigenvalue weighted by Crippen LogP contribution is 2.17. The second-order valence-electron chi connectivity index (χ2n) is 3.15. The first-order chi connectivity index (χ1) is 7.27. The molecule has 0 fully saturated rings. The molecule has 1 aromatic rings. The van der Waals surface area contributed by atoms with Gasteiger partial charge in [-0.1, -0.05) is 29.8 Å². The number of nitriles is 1. The summed E-state index contributed by atoms with van der Waals surface area (Å²) in [6.07, 6.45) is 5.04. The largest absolute Gasteiger partial charge is 0.319 e. The highest BCUT2D eigenvalue weighted by molar-refractivity contribution is 6.31. The first-order valence-electron chi connectivity index (χ1n) is 4.78. The lowest BCUT2D eigenvalue weighted by Crippen LogP contribution is -2.05. The maximum Gasteiger partial charge on any atom is 0.101 e. The van der Waals surface area contributed by atoms with E-state index in [0.29, 0.717) is 10.6 Å². The Balaban J connectivity index is 2.71. The minimum absolute atomic E-state index is 0.505. The van der Waals surface area contributed by atoms with Crippen molar-refractivity contribution in [2.75, 3.05) is 13.6 Å². The summed E-state index contributed by atoms with van der Waals surface area (Å²) in [5.41, 5.74) is 1.53. The van der Waals surface area contributed by atoms with E-state index in [9.17, 15) is 0 Å². The zero-order chi connectivity index (χ0) is 11.1. The van der Waals surface area contributed by atoms with Crippen LogP contribution in [0, 0.1) is 11.3 Å². The molecular formula is C12H13ClN2. The van der Waals surface area contributed by atoms with Crippen molar-refractivity contribution in [1.29, 1.82) is 5.26 Å². The van der Waals surface area contributed by atoms with E-state index in [1.165, 1.54) is 0 Å². The van der Waals surface area contributed by atoms with Crippen LogP contribution in [0.4, 0.5) is 0 Å². The fraction of sp³-hybridized carbons (Fsp3) is 0.250. The molecule has 1 aromatic carbocycles. The van der Waals surface area contributed by atoms with Gasteiger partial charge in [-0.25, -0.2) is 0 Å². The van der Waals surface area contributed by atoms with E-state index in [4.69, 9.17) is 16.9 Å². The summed E-state index contributed by atoms with van der Waals surface area (Å²) in [6, 6.07) is 7.50. The number of hydrogen-bond donors (Lipinski definition) is 1. The maximum atomic E-state index is 8.78. The third-order valence-corrected chi connectivity index (χ3v) is 2.31. The molecule has 0 heterocycles. The summed E-state index contributed by atoms with van der Waals surface area (Å²) < 4.78 is 0. The first kappa shape index (κ1) is 11.8. The quantitative estimate of drug-likeness (QED) is 0.793. The molecule has 3 heteroatoms. The van der Waals surface area contributed by atoms with Gasteiger partial charge in [-0.15, -0.1) is 0 Å². The van der Waals surface area contributed by atoms with Crippen LogP contribution in [0.3, 0.4) is 0 Å². The molecule has 0 spiro atoms. The van der Waals surface area contributed by atoms with Crippen LogP contribution in [0.25, 0.3) is 6.08 Å². The normalized spacial score (nSPS) is 10.5. The van der Waals surface area contributed by atoms with Gasteiger partial charge in [-0.2, -0.15) is 5.26 Å². The van der Waals surface area contributed by atoms with E-state index in [1.54, 1.807) is 12.1 Å². The predicted octanol–water partition coefficient (Wildman–Crippen LogP) is 2.83. The molecule has 0 atom stereocenters. The molecule has 0 radical (unpaired) electrons. The Kier molecular flexibility index (Phi) is 4.89. The Labute approximate surface area is 95.2 Å². The van der Waals surface area contributed by atoms with E-state index in [2.05, 4.69) is 17.5 Å². The second-order valence-corrected chi connectivity index (χ2v) is 3.55. The third-order valence-electron chi connectivity index (χ3n) is 1.98. The second kappa shape index (κ2) is 6.23. The van der Waals surface area contributed by atoms with Gasteiger partial charge >= 0.3 is 0 Å². The van der Waals surface area contributed by atoms with Crippen molar-refractivity contribution in [3.8, 4) is 6.07 Å². The molecule has 0 aliphatic carbocycles. The Hall–Kier alpha value is -1.30. The maximum absolute atomic E-state index is 8.78. The lowest BCUT2D eigenvalue weighted by atomic mass is 10.1. The average Bonchev–Trinajstić information content (AvgIpc) is 2.26. The Bertz CT molecular complexity index is 391. The Morgan fingerprint density at radius 2 is 2.33 bits per heavy atom. The molecule has 0 saturated carbocycles. The highest BCUT2D eigenvalue weighted by Gasteiger charge is 1.98. The number of nitrogens with one attached hydrogen (secondary N) is 1. The molecule has 1 rings (SSSR count). The summed E-state index contributed by atoms with van der Waals surface area (Å²) in [4.78, 5) is 0. The molecule has 0 amide bonds. The van der Waals surface area contributed by atoms with Gasteiger partial charge in [0, 0.05) is 0 Å². The summed E-state index contributed by atoms with van der Waals surface area (Å²) >= 11 is 5.82. The predicted molar refractivity (Wildman–Crippen MR) is 63.7 cm³/mol. The first-order valence-corrected chi connectivity index (χ1v) is 5.16. The van der Waals surface area contributed by atoms with Crippen LogP contribution in [0.5, 0.6) is 0 Å². The van der Waals surface area contributed by atoms with Crippen LogP contribution in [-0.4, -0.2) is 13.6 Å². The zero-order valence-corrected chi connectivity index (χ0v) is 9.38. The molecule has 1 N–H and O–H groups in total. The lowest BCUT2D eigenvalue weighted by Gasteiger charge is -1.97.